The Morgan fingerprint density at radius 2 is 2.31 bits per heavy atom. The van der Waals surface area contributed by atoms with Gasteiger partial charge in [-0.3, -0.25) is 9.78 Å². The lowest BCUT2D eigenvalue weighted by Crippen LogP contribution is -2.19. The van der Waals surface area contributed by atoms with Crippen LogP contribution in [0.15, 0.2) is 18.3 Å². The first-order chi connectivity index (χ1) is 6.27. The second-order valence-electron chi connectivity index (χ2n) is 2.88. The lowest BCUT2D eigenvalue weighted by Gasteiger charge is -2.00. The van der Waals surface area contributed by atoms with Gasteiger partial charge in [-0.15, -0.1) is 0 Å². The summed E-state index contributed by atoms with van der Waals surface area (Å²) in [5.74, 6) is -0.136. The number of amides is 1. The molecule has 1 rings (SSSR count). The molecule has 13 heavy (non-hydrogen) atoms. The van der Waals surface area contributed by atoms with E-state index in [9.17, 15) is 4.79 Å². The predicted octanol–water partition coefficient (Wildman–Crippen LogP) is 1.39. The number of nitrogens with zero attached hydrogens (tertiary/aromatic N) is 1. The maximum Gasteiger partial charge on any atom is 0.269 e. The molecule has 0 aliphatic heterocycles. The van der Waals surface area contributed by atoms with E-state index in [1.54, 1.807) is 19.3 Å². The van der Waals surface area contributed by atoms with E-state index in [2.05, 4.69) is 17.2 Å². The molecule has 0 unspecified atom stereocenters. The average Bonchev–Trinajstić information content (AvgIpc) is 2.18. The summed E-state index contributed by atoms with van der Waals surface area (Å²) in [5.41, 5.74) is 1.65. The van der Waals surface area contributed by atoms with Crippen LogP contribution in [-0.2, 0) is 6.42 Å². The number of nitrogens with one attached hydrogen (secondary N) is 1. The molecule has 3 heteroatoms. The minimum atomic E-state index is -0.136. The fraction of sp³-hybridized carbons (Fsp3) is 0.400. The second kappa shape index (κ2) is 4.60. The highest BCUT2D eigenvalue weighted by atomic mass is 16.1. The molecule has 0 radical (unpaired) electrons. The third-order valence-electron chi connectivity index (χ3n) is 1.82. The predicted molar refractivity (Wildman–Crippen MR) is 51.6 cm³/mol. The molecule has 0 aliphatic rings. The van der Waals surface area contributed by atoms with Crippen LogP contribution < -0.4 is 5.32 Å². The van der Waals surface area contributed by atoms with Gasteiger partial charge in [-0.25, -0.2) is 0 Å². The molecule has 0 bridgehead atoms. The van der Waals surface area contributed by atoms with Gasteiger partial charge in [-0.2, -0.15) is 0 Å². The zero-order valence-corrected chi connectivity index (χ0v) is 8.00. The first-order valence-corrected chi connectivity index (χ1v) is 4.45. The fourth-order valence-electron chi connectivity index (χ4n) is 1.12. The van der Waals surface area contributed by atoms with Crippen molar-refractivity contribution in [3.8, 4) is 0 Å². The Bertz CT molecular complexity index is 279. The van der Waals surface area contributed by atoms with Crippen molar-refractivity contribution in [2.75, 3.05) is 7.05 Å². The molecule has 0 atom stereocenters. The third kappa shape index (κ3) is 2.54. The number of hydrogen-bond acceptors (Lipinski definition) is 2. The molecule has 1 aromatic heterocycles. The number of carbonyl (C=O) groups is 1. The van der Waals surface area contributed by atoms with Crippen LogP contribution in [0.5, 0.6) is 0 Å². The summed E-state index contributed by atoms with van der Waals surface area (Å²) < 4.78 is 0. The summed E-state index contributed by atoms with van der Waals surface area (Å²) in [7, 11) is 1.60. The quantitative estimate of drug-likeness (QED) is 0.760. The molecule has 0 fully saturated rings. The summed E-state index contributed by atoms with van der Waals surface area (Å²) in [5, 5.41) is 2.53. The topological polar surface area (TPSA) is 42.0 Å². The zero-order valence-electron chi connectivity index (χ0n) is 8.00. The van der Waals surface area contributed by atoms with Crippen LogP contribution >= 0.6 is 0 Å². The van der Waals surface area contributed by atoms with Gasteiger partial charge in [0.2, 0.25) is 0 Å². The number of aryl methyl sites for hydroxylation is 1. The molecule has 1 N–H and O–H groups in total. The van der Waals surface area contributed by atoms with Gasteiger partial charge in [-0.1, -0.05) is 19.4 Å². The van der Waals surface area contributed by atoms with Crippen LogP contribution in [-0.4, -0.2) is 17.9 Å². The maximum atomic E-state index is 11.1. The first kappa shape index (κ1) is 9.71. The van der Waals surface area contributed by atoms with E-state index in [-0.39, 0.29) is 5.91 Å². The van der Waals surface area contributed by atoms with Crippen molar-refractivity contribution in [3.05, 3.63) is 29.6 Å². The summed E-state index contributed by atoms with van der Waals surface area (Å²) in [6, 6.07) is 3.70. The SMILES string of the molecule is CCCc1ccc(C(=O)NC)nc1. The second-order valence-corrected chi connectivity index (χ2v) is 2.88. The molecule has 1 amide bonds. The summed E-state index contributed by atoms with van der Waals surface area (Å²) in [6.45, 7) is 2.12. The van der Waals surface area contributed by atoms with Crippen LogP contribution in [0.2, 0.25) is 0 Å². The lowest BCUT2D eigenvalue weighted by atomic mass is 10.1. The van der Waals surface area contributed by atoms with Crippen LogP contribution in [0.1, 0.15) is 29.4 Å². The lowest BCUT2D eigenvalue weighted by molar-refractivity contribution is 0.0958. The number of rotatable bonds is 3. The van der Waals surface area contributed by atoms with Gasteiger partial charge in [0.25, 0.3) is 5.91 Å². The summed E-state index contributed by atoms with van der Waals surface area (Å²) >= 11 is 0. The highest BCUT2D eigenvalue weighted by Crippen LogP contribution is 2.02. The number of carbonyl (C=O) groups excluding carboxylic acids is 1. The van der Waals surface area contributed by atoms with E-state index in [1.165, 1.54) is 5.56 Å². The molecule has 3 nitrogen and oxygen atoms in total. The molecule has 0 aliphatic carbocycles. The normalized spacial score (nSPS) is 9.69. The Labute approximate surface area is 78.2 Å². The van der Waals surface area contributed by atoms with Gasteiger partial charge in [0.1, 0.15) is 5.69 Å². The Morgan fingerprint density at radius 1 is 1.54 bits per heavy atom. The summed E-state index contributed by atoms with van der Waals surface area (Å²) in [4.78, 5) is 15.2. The van der Waals surface area contributed by atoms with Crippen molar-refractivity contribution >= 4 is 5.91 Å². The zero-order chi connectivity index (χ0) is 9.68. The standard InChI is InChI=1S/C10H14N2O/c1-3-4-8-5-6-9(12-7-8)10(13)11-2/h5-7H,3-4H2,1-2H3,(H,11,13). The van der Waals surface area contributed by atoms with Gasteiger partial charge < -0.3 is 5.32 Å². The van der Waals surface area contributed by atoms with Crippen molar-refractivity contribution in [3.63, 3.8) is 0 Å². The van der Waals surface area contributed by atoms with E-state index in [0.29, 0.717) is 5.69 Å². The Kier molecular flexibility index (Phi) is 3.43. The van der Waals surface area contributed by atoms with E-state index in [1.807, 2.05) is 6.07 Å². The largest absolute Gasteiger partial charge is 0.354 e. The molecule has 1 heterocycles. The molecule has 0 spiro atoms. The van der Waals surface area contributed by atoms with E-state index in [4.69, 9.17) is 0 Å². The molecular weight excluding hydrogens is 164 g/mol. The molecule has 70 valence electrons. The van der Waals surface area contributed by atoms with Crippen molar-refractivity contribution in [1.29, 1.82) is 0 Å². The number of pyridine rings is 1. The van der Waals surface area contributed by atoms with Crippen LogP contribution in [0, 0.1) is 0 Å². The molecule has 0 saturated carbocycles. The molecule has 0 aromatic carbocycles. The minimum Gasteiger partial charge on any atom is -0.354 e. The minimum absolute atomic E-state index is 0.136. The van der Waals surface area contributed by atoms with E-state index < -0.39 is 0 Å². The monoisotopic (exact) mass is 178 g/mol. The van der Waals surface area contributed by atoms with E-state index >= 15 is 0 Å². The molecular formula is C10H14N2O. The van der Waals surface area contributed by atoms with Crippen LogP contribution in [0.4, 0.5) is 0 Å². The van der Waals surface area contributed by atoms with Gasteiger partial charge in [-0.05, 0) is 18.1 Å². The molecule has 1 aromatic rings. The maximum absolute atomic E-state index is 11.1. The van der Waals surface area contributed by atoms with Crippen LogP contribution in [0.3, 0.4) is 0 Å². The highest BCUT2D eigenvalue weighted by Gasteiger charge is 2.02. The fourth-order valence-corrected chi connectivity index (χ4v) is 1.12. The van der Waals surface area contributed by atoms with E-state index in [0.717, 1.165) is 12.8 Å². The Hall–Kier alpha value is -1.38. The van der Waals surface area contributed by atoms with Gasteiger partial charge in [0.05, 0.1) is 0 Å². The van der Waals surface area contributed by atoms with Crippen molar-refractivity contribution in [2.24, 2.45) is 0 Å². The summed E-state index contributed by atoms with van der Waals surface area (Å²) in [6.07, 6.45) is 3.87. The van der Waals surface area contributed by atoms with Gasteiger partial charge in [0.15, 0.2) is 0 Å². The van der Waals surface area contributed by atoms with Gasteiger partial charge >= 0.3 is 0 Å². The Morgan fingerprint density at radius 3 is 2.77 bits per heavy atom. The van der Waals surface area contributed by atoms with Crippen molar-refractivity contribution in [1.82, 2.24) is 10.3 Å². The number of hydrogen-bond donors (Lipinski definition) is 1. The Balaban J connectivity index is 2.75. The third-order valence-corrected chi connectivity index (χ3v) is 1.82. The smallest absolute Gasteiger partial charge is 0.269 e. The average molecular weight is 178 g/mol. The highest BCUT2D eigenvalue weighted by molar-refractivity contribution is 5.91. The van der Waals surface area contributed by atoms with Crippen molar-refractivity contribution in [2.45, 2.75) is 19.8 Å². The number of aromatic nitrogens is 1. The first-order valence-electron chi connectivity index (χ1n) is 4.45. The molecule has 0 saturated heterocycles. The van der Waals surface area contributed by atoms with Gasteiger partial charge in [0, 0.05) is 13.2 Å². The van der Waals surface area contributed by atoms with Crippen molar-refractivity contribution < 1.29 is 4.79 Å². The van der Waals surface area contributed by atoms with Crippen LogP contribution in [0.25, 0.3) is 0 Å².